The van der Waals surface area contributed by atoms with Gasteiger partial charge in [0.15, 0.2) is 0 Å². The van der Waals surface area contributed by atoms with Crippen molar-refractivity contribution in [2.75, 3.05) is 22.2 Å². The number of fused-ring (bicyclic) bond motifs is 2. The van der Waals surface area contributed by atoms with Gasteiger partial charge in [-0.1, -0.05) is 73.2 Å². The van der Waals surface area contributed by atoms with Crippen LogP contribution >= 0.6 is 35.6 Å². The van der Waals surface area contributed by atoms with Crippen LogP contribution in [0.5, 0.6) is 0 Å². The number of anilines is 2. The SMILES string of the molecule is NNC(=O)CCCCCSC(SCCCSOO[O-])=C1c2ccccc2N(Cc2ccccc2)c2ccccc21.[Li+]. The quantitative estimate of drug-likeness (QED) is 0.0486. The Balaban J connectivity index is 0.00000462. The number of thioether (sulfide) groups is 2. The Morgan fingerprint density at radius 3 is 2.05 bits per heavy atom. The first-order chi connectivity index (χ1) is 19.7. The largest absolute Gasteiger partial charge is 1.00 e. The van der Waals surface area contributed by atoms with Gasteiger partial charge in [-0.15, -0.1) is 23.5 Å². The second kappa shape index (κ2) is 18.6. The van der Waals surface area contributed by atoms with E-state index in [2.05, 4.69) is 98.6 Å². The van der Waals surface area contributed by atoms with Crippen LogP contribution < -0.4 is 40.3 Å². The number of hydrogen-bond acceptors (Lipinski definition) is 9. The molecule has 0 aromatic heterocycles. The van der Waals surface area contributed by atoms with Gasteiger partial charge in [0, 0.05) is 63.1 Å². The van der Waals surface area contributed by atoms with Crippen molar-refractivity contribution in [1.29, 1.82) is 0 Å². The van der Waals surface area contributed by atoms with Gasteiger partial charge in [0.1, 0.15) is 0 Å². The third-order valence-electron chi connectivity index (χ3n) is 6.44. The number of carbonyl (C=O) groups excluding carboxylic acids is 1. The van der Waals surface area contributed by atoms with Gasteiger partial charge in [-0.3, -0.25) is 15.3 Å². The number of amides is 1. The molecule has 212 valence electrons. The topological polar surface area (TPSA) is 99.9 Å². The van der Waals surface area contributed by atoms with Crippen LogP contribution in [0.4, 0.5) is 11.4 Å². The molecule has 3 aromatic rings. The number of carbonyl (C=O) groups is 1. The van der Waals surface area contributed by atoms with Gasteiger partial charge in [-0.05, 0) is 48.5 Å². The van der Waals surface area contributed by atoms with Crippen molar-refractivity contribution in [2.24, 2.45) is 5.84 Å². The van der Waals surface area contributed by atoms with Gasteiger partial charge in [-0.2, -0.15) is 4.33 Å². The van der Waals surface area contributed by atoms with Crippen molar-refractivity contribution in [3.63, 3.8) is 0 Å². The molecule has 41 heavy (non-hydrogen) atoms. The van der Waals surface area contributed by atoms with E-state index in [4.69, 9.17) is 5.84 Å². The van der Waals surface area contributed by atoms with E-state index in [-0.39, 0.29) is 24.8 Å². The summed E-state index contributed by atoms with van der Waals surface area (Å²) in [5.41, 5.74) is 9.57. The van der Waals surface area contributed by atoms with Gasteiger partial charge in [0.2, 0.25) is 5.91 Å². The Morgan fingerprint density at radius 1 is 0.805 bits per heavy atom. The molecule has 0 saturated carbocycles. The molecule has 0 unspecified atom stereocenters. The standard InChI is InChI=1S/C30H35N3O4S3.Li/c31-32-28(34)18-5-2-10-19-38-30(39-20-11-21-40-37-36-35)29-24-14-6-8-16-26(24)33(22-23-12-3-1-4-13-23)27-17-9-7-15-25(27)29;/h1,3-4,6-9,12-17,35H,2,5,10-11,18-22,31H2,(H,32,34);/q;+1/p-1. The fourth-order valence-electron chi connectivity index (χ4n) is 4.60. The minimum absolute atomic E-state index is 0. The molecule has 3 N–H and O–H groups in total. The van der Waals surface area contributed by atoms with Crippen molar-refractivity contribution in [2.45, 2.75) is 38.6 Å². The van der Waals surface area contributed by atoms with E-state index in [0.29, 0.717) is 12.2 Å². The second-order valence-electron chi connectivity index (χ2n) is 9.16. The number of nitrogens with zero attached hydrogens (tertiary/aromatic N) is 1. The van der Waals surface area contributed by atoms with Crippen LogP contribution in [0.1, 0.15) is 48.8 Å². The molecule has 0 spiro atoms. The Kier molecular flexibility index (Phi) is 15.3. The van der Waals surface area contributed by atoms with Gasteiger partial charge < -0.3 is 10.2 Å². The number of rotatable bonds is 16. The maximum atomic E-state index is 11.5. The van der Waals surface area contributed by atoms with Crippen LogP contribution in [0.25, 0.3) is 5.57 Å². The molecule has 0 radical (unpaired) electrons. The second-order valence-corrected chi connectivity index (χ2v) is 12.4. The Labute approximate surface area is 267 Å². The summed E-state index contributed by atoms with van der Waals surface area (Å²) in [6.07, 6.45) is 4.12. The van der Waals surface area contributed by atoms with Crippen LogP contribution in [0.2, 0.25) is 0 Å². The zero-order valence-electron chi connectivity index (χ0n) is 23.3. The summed E-state index contributed by atoms with van der Waals surface area (Å²) < 4.78 is 5.71. The van der Waals surface area contributed by atoms with E-state index in [1.54, 1.807) is 0 Å². The molecule has 1 heterocycles. The minimum Gasteiger partial charge on any atom is -0.691 e. The van der Waals surface area contributed by atoms with E-state index < -0.39 is 0 Å². The Bertz CT molecular complexity index is 1220. The molecule has 7 nitrogen and oxygen atoms in total. The van der Waals surface area contributed by atoms with E-state index in [1.807, 2.05) is 23.5 Å². The number of hydrazine groups is 1. The van der Waals surface area contributed by atoms with E-state index >= 15 is 0 Å². The summed E-state index contributed by atoms with van der Waals surface area (Å²) in [4.78, 5) is 13.9. The average Bonchev–Trinajstić information content (AvgIpc) is 3.00. The van der Waals surface area contributed by atoms with Crippen LogP contribution in [-0.4, -0.2) is 23.2 Å². The maximum Gasteiger partial charge on any atom is 1.00 e. The molecular formula is C30H34LiN3O4S3. The number of nitrogens with two attached hydrogens (primary N) is 1. The summed E-state index contributed by atoms with van der Waals surface area (Å²) in [7, 11) is 0. The number of para-hydroxylation sites is 2. The smallest absolute Gasteiger partial charge is 0.691 e. The number of hydrogen-bond donors (Lipinski definition) is 2. The van der Waals surface area contributed by atoms with Gasteiger partial charge in [0.25, 0.3) is 0 Å². The molecule has 1 aliphatic heterocycles. The van der Waals surface area contributed by atoms with Gasteiger partial charge in [0.05, 0.1) is 0 Å². The fraction of sp³-hybridized carbons (Fsp3) is 0.300. The number of nitrogens with one attached hydrogen (secondary N) is 1. The summed E-state index contributed by atoms with van der Waals surface area (Å²) in [6, 6.07) is 27.9. The maximum absolute atomic E-state index is 11.5. The minimum atomic E-state index is -0.120. The van der Waals surface area contributed by atoms with E-state index in [9.17, 15) is 10.1 Å². The zero-order chi connectivity index (χ0) is 28.0. The van der Waals surface area contributed by atoms with Crippen molar-refractivity contribution in [3.8, 4) is 0 Å². The molecule has 11 heteroatoms. The van der Waals surface area contributed by atoms with Crippen LogP contribution in [0.15, 0.2) is 83.1 Å². The molecule has 0 atom stereocenters. The first-order valence-electron chi connectivity index (χ1n) is 13.3. The van der Waals surface area contributed by atoms with Crippen molar-refractivity contribution >= 4 is 58.4 Å². The fourth-order valence-corrected chi connectivity index (χ4v) is 7.72. The predicted molar refractivity (Wildman–Crippen MR) is 166 cm³/mol. The molecule has 0 fully saturated rings. The average molecular weight is 604 g/mol. The monoisotopic (exact) mass is 603 g/mol. The van der Waals surface area contributed by atoms with Crippen molar-refractivity contribution in [1.82, 2.24) is 5.43 Å². The normalized spacial score (nSPS) is 11.9. The molecule has 1 aliphatic rings. The molecule has 1 amide bonds. The molecular weight excluding hydrogens is 569 g/mol. The molecule has 4 rings (SSSR count). The first kappa shape index (κ1) is 33.7. The van der Waals surface area contributed by atoms with Crippen molar-refractivity contribution < 1.29 is 38.3 Å². The Morgan fingerprint density at radius 2 is 1.41 bits per heavy atom. The third kappa shape index (κ3) is 9.85. The predicted octanol–water partition coefficient (Wildman–Crippen LogP) is 3.34. The third-order valence-corrected chi connectivity index (χ3v) is 9.67. The van der Waals surface area contributed by atoms with Crippen LogP contribution in [0, 0.1) is 0 Å². The number of benzene rings is 3. The summed E-state index contributed by atoms with van der Waals surface area (Å²) in [6.45, 7) is 0.785. The van der Waals surface area contributed by atoms with Crippen LogP contribution in [-0.2, 0) is 20.7 Å². The summed E-state index contributed by atoms with van der Waals surface area (Å²) >= 11 is 4.76. The molecule has 0 bridgehead atoms. The van der Waals surface area contributed by atoms with E-state index in [0.717, 1.165) is 55.8 Å². The van der Waals surface area contributed by atoms with Crippen LogP contribution in [0.3, 0.4) is 0 Å². The Hall–Kier alpha value is -1.84. The molecule has 0 aliphatic carbocycles. The summed E-state index contributed by atoms with van der Waals surface area (Å²) in [5, 5.41) is 13.6. The van der Waals surface area contributed by atoms with E-state index in [1.165, 1.54) is 37.9 Å². The van der Waals surface area contributed by atoms with Crippen molar-refractivity contribution in [3.05, 3.63) is 99.8 Å². The number of unbranched alkanes of at least 4 members (excludes halogenated alkanes) is 2. The summed E-state index contributed by atoms with van der Waals surface area (Å²) in [5.74, 6) is 7.59. The molecule has 3 aromatic carbocycles. The molecule has 0 saturated heterocycles. The first-order valence-corrected chi connectivity index (χ1v) is 16.2. The van der Waals surface area contributed by atoms with Gasteiger partial charge in [-0.25, -0.2) is 5.84 Å². The zero-order valence-corrected chi connectivity index (χ0v) is 25.7. The van der Waals surface area contributed by atoms with Gasteiger partial charge >= 0.3 is 18.9 Å².